The molecule has 0 fully saturated rings. The van der Waals surface area contributed by atoms with E-state index in [2.05, 4.69) is 4.98 Å². The van der Waals surface area contributed by atoms with Crippen molar-refractivity contribution in [2.45, 2.75) is 33.6 Å². The number of benzene rings is 2. The molecule has 0 aliphatic carbocycles. The fourth-order valence-electron chi connectivity index (χ4n) is 4.24. The first kappa shape index (κ1) is 22.9. The van der Waals surface area contributed by atoms with E-state index < -0.39 is 22.6 Å². The molecule has 4 rings (SSSR count). The monoisotopic (exact) mass is 466 g/mol. The van der Waals surface area contributed by atoms with Crippen molar-refractivity contribution in [3.63, 3.8) is 0 Å². The number of sulfonamides is 1. The normalized spacial score (nSPS) is 13.2. The zero-order valence-electron chi connectivity index (χ0n) is 18.9. The summed E-state index contributed by atoms with van der Waals surface area (Å²) in [5.41, 5.74) is 4.43. The fourth-order valence-corrected chi connectivity index (χ4v) is 5.40. The van der Waals surface area contributed by atoms with Gasteiger partial charge in [-0.2, -0.15) is 0 Å². The second-order valence-electron chi connectivity index (χ2n) is 7.99. The van der Waals surface area contributed by atoms with Crippen LogP contribution in [0.15, 0.2) is 42.5 Å². The summed E-state index contributed by atoms with van der Waals surface area (Å²) in [7, 11) is -3.35. The second kappa shape index (κ2) is 8.94. The van der Waals surface area contributed by atoms with E-state index in [0.29, 0.717) is 41.9 Å². The van der Waals surface area contributed by atoms with Crippen molar-refractivity contribution in [2.24, 2.45) is 0 Å². The Bertz CT molecular complexity index is 1360. The van der Waals surface area contributed by atoms with Crippen molar-refractivity contribution in [1.29, 1.82) is 0 Å². The van der Waals surface area contributed by atoms with Gasteiger partial charge in [-0.15, -0.1) is 0 Å². The van der Waals surface area contributed by atoms with E-state index in [-0.39, 0.29) is 11.5 Å². The van der Waals surface area contributed by atoms with E-state index in [1.165, 1.54) is 4.31 Å². The Labute approximate surface area is 193 Å². The summed E-state index contributed by atoms with van der Waals surface area (Å²) in [6.45, 7) is 5.36. The van der Waals surface area contributed by atoms with Crippen LogP contribution in [0.3, 0.4) is 0 Å². The molecule has 172 valence electrons. The molecule has 0 radical (unpaired) electrons. The summed E-state index contributed by atoms with van der Waals surface area (Å²) >= 11 is 0. The number of ether oxygens (including phenoxy) is 1. The van der Waals surface area contributed by atoms with Crippen LogP contribution in [0.5, 0.6) is 0 Å². The minimum atomic E-state index is -3.35. The Morgan fingerprint density at radius 1 is 1.12 bits per heavy atom. The van der Waals surface area contributed by atoms with Crippen LogP contribution in [-0.4, -0.2) is 44.1 Å². The van der Waals surface area contributed by atoms with Crippen LogP contribution in [0, 0.1) is 6.92 Å². The van der Waals surface area contributed by atoms with Gasteiger partial charge in [0, 0.05) is 17.5 Å². The number of rotatable bonds is 7. The highest BCUT2D eigenvalue weighted by molar-refractivity contribution is 7.92. The maximum Gasteiger partial charge on any atom is 0.340 e. The van der Waals surface area contributed by atoms with Gasteiger partial charge in [-0.3, -0.25) is 14.1 Å². The second-order valence-corrected chi connectivity index (χ2v) is 10.2. The summed E-state index contributed by atoms with van der Waals surface area (Å²) < 4.78 is 31.3. The maximum absolute atomic E-state index is 12.9. The number of Topliss-reactive ketones (excluding diaryl/α,β-unsaturated/α-hetero) is 1. The van der Waals surface area contributed by atoms with Gasteiger partial charge in [-0.05, 0) is 62.1 Å². The van der Waals surface area contributed by atoms with Gasteiger partial charge in [0.1, 0.15) is 0 Å². The highest BCUT2D eigenvalue weighted by Gasteiger charge is 2.29. The number of anilines is 1. The Kier molecular flexibility index (Phi) is 6.21. The van der Waals surface area contributed by atoms with Gasteiger partial charge in [-0.25, -0.2) is 13.2 Å². The largest absolute Gasteiger partial charge is 0.454 e. The zero-order chi connectivity index (χ0) is 23.8. The third-order valence-corrected chi connectivity index (χ3v) is 7.84. The number of hydrogen-bond donors (Lipinski definition) is 0. The first-order valence-corrected chi connectivity index (χ1v) is 12.6. The lowest BCUT2D eigenvalue weighted by molar-refractivity contribution is 0.0472. The number of pyridine rings is 1. The van der Waals surface area contributed by atoms with Crippen LogP contribution in [-0.2, 0) is 27.6 Å². The topological polar surface area (TPSA) is 93.6 Å². The van der Waals surface area contributed by atoms with Crippen molar-refractivity contribution < 1.29 is 22.7 Å². The molecule has 0 unspecified atom stereocenters. The standard InChI is InChI=1S/C25H26N2O5S/c1-4-20-24(16(3)19-8-6-7-9-21(19)26-20)25(29)32-15-23(28)18-10-11-22-17(14-18)12-13-27(22)33(30,31)5-2/h6-11,14H,4-5,12-13,15H2,1-3H3. The van der Waals surface area contributed by atoms with Crippen molar-refractivity contribution in [3.8, 4) is 0 Å². The average Bonchev–Trinajstić information content (AvgIpc) is 3.26. The molecule has 0 bridgehead atoms. The van der Waals surface area contributed by atoms with Gasteiger partial charge in [-0.1, -0.05) is 25.1 Å². The molecule has 1 aromatic heterocycles. The summed E-state index contributed by atoms with van der Waals surface area (Å²) in [6.07, 6.45) is 1.10. The molecule has 1 aliphatic rings. The summed E-state index contributed by atoms with van der Waals surface area (Å²) in [6, 6.07) is 12.5. The van der Waals surface area contributed by atoms with E-state index in [4.69, 9.17) is 4.74 Å². The van der Waals surface area contributed by atoms with Gasteiger partial charge in [0.25, 0.3) is 0 Å². The van der Waals surface area contributed by atoms with E-state index >= 15 is 0 Å². The minimum Gasteiger partial charge on any atom is -0.454 e. The number of hydrogen-bond acceptors (Lipinski definition) is 6. The Balaban J connectivity index is 1.52. The molecule has 0 atom stereocenters. The molecule has 0 spiro atoms. The summed E-state index contributed by atoms with van der Waals surface area (Å²) in [5, 5.41) is 0.873. The van der Waals surface area contributed by atoms with E-state index in [1.807, 2.05) is 38.1 Å². The lowest BCUT2D eigenvalue weighted by Crippen LogP contribution is -2.30. The molecule has 0 saturated heterocycles. The molecule has 33 heavy (non-hydrogen) atoms. The number of fused-ring (bicyclic) bond motifs is 2. The smallest absolute Gasteiger partial charge is 0.340 e. The van der Waals surface area contributed by atoms with Gasteiger partial charge < -0.3 is 4.74 Å². The zero-order valence-corrected chi connectivity index (χ0v) is 19.7. The summed E-state index contributed by atoms with van der Waals surface area (Å²) in [4.78, 5) is 30.2. The van der Waals surface area contributed by atoms with E-state index in [9.17, 15) is 18.0 Å². The SMILES string of the molecule is CCc1nc2ccccc2c(C)c1C(=O)OCC(=O)c1ccc2c(c1)CCN2S(=O)(=O)CC. The Morgan fingerprint density at radius 3 is 2.61 bits per heavy atom. The highest BCUT2D eigenvalue weighted by Crippen LogP contribution is 2.31. The molecular weight excluding hydrogens is 440 g/mol. The number of carbonyl (C=O) groups is 2. The van der Waals surface area contributed by atoms with Gasteiger partial charge in [0.05, 0.1) is 28.2 Å². The number of aromatic nitrogens is 1. The minimum absolute atomic E-state index is 0.0197. The third kappa shape index (κ3) is 4.23. The number of nitrogens with zero attached hydrogens (tertiary/aromatic N) is 2. The average molecular weight is 467 g/mol. The number of carbonyl (C=O) groups excluding carboxylic acids is 2. The quantitative estimate of drug-likeness (QED) is 0.388. The molecule has 3 aromatic rings. The first-order valence-electron chi connectivity index (χ1n) is 11.0. The lowest BCUT2D eigenvalue weighted by atomic mass is 10.0. The molecular formula is C25H26N2O5S. The van der Waals surface area contributed by atoms with Crippen LogP contribution < -0.4 is 4.31 Å². The number of esters is 1. The third-order valence-electron chi connectivity index (χ3n) is 6.06. The molecule has 0 saturated carbocycles. The van der Waals surface area contributed by atoms with Crippen LogP contribution in [0.4, 0.5) is 5.69 Å². The van der Waals surface area contributed by atoms with Crippen molar-refractivity contribution in [1.82, 2.24) is 4.98 Å². The van der Waals surface area contributed by atoms with Crippen LogP contribution >= 0.6 is 0 Å². The number of para-hydroxylation sites is 1. The van der Waals surface area contributed by atoms with E-state index in [0.717, 1.165) is 22.0 Å². The van der Waals surface area contributed by atoms with Crippen molar-refractivity contribution >= 4 is 38.4 Å². The van der Waals surface area contributed by atoms with Crippen molar-refractivity contribution in [2.75, 3.05) is 23.2 Å². The predicted octanol–water partition coefficient (Wildman–Crippen LogP) is 3.86. The van der Waals surface area contributed by atoms with Crippen LogP contribution in [0.2, 0.25) is 0 Å². The first-order chi connectivity index (χ1) is 15.8. The molecule has 8 heteroatoms. The molecule has 2 heterocycles. The fraction of sp³-hybridized carbons (Fsp3) is 0.320. The van der Waals surface area contributed by atoms with Crippen LogP contribution in [0.25, 0.3) is 10.9 Å². The number of ketones is 1. The van der Waals surface area contributed by atoms with Gasteiger partial charge in [0.2, 0.25) is 10.0 Å². The van der Waals surface area contributed by atoms with E-state index in [1.54, 1.807) is 25.1 Å². The number of aryl methyl sites for hydroxylation is 2. The lowest BCUT2D eigenvalue weighted by Gasteiger charge is -2.18. The molecule has 0 amide bonds. The Hall–Kier alpha value is -3.26. The Morgan fingerprint density at radius 2 is 1.88 bits per heavy atom. The van der Waals surface area contributed by atoms with Crippen molar-refractivity contribution in [3.05, 3.63) is 70.4 Å². The van der Waals surface area contributed by atoms with Gasteiger partial charge >= 0.3 is 5.97 Å². The summed E-state index contributed by atoms with van der Waals surface area (Å²) in [5.74, 6) is -0.893. The maximum atomic E-state index is 12.9. The highest BCUT2D eigenvalue weighted by atomic mass is 32.2. The molecule has 1 aliphatic heterocycles. The van der Waals surface area contributed by atoms with Crippen LogP contribution in [0.1, 0.15) is 51.4 Å². The van der Waals surface area contributed by atoms with Gasteiger partial charge in [0.15, 0.2) is 12.4 Å². The molecule has 0 N–H and O–H groups in total. The molecule has 2 aromatic carbocycles. The molecule has 7 nitrogen and oxygen atoms in total. The predicted molar refractivity (Wildman–Crippen MR) is 127 cm³/mol.